The number of aromatic nitrogens is 4. The normalized spacial score (nSPS) is 28.5. The van der Waals surface area contributed by atoms with Crippen molar-refractivity contribution in [3.8, 4) is 0 Å². The summed E-state index contributed by atoms with van der Waals surface area (Å²) in [5.41, 5.74) is 6.00. The molecule has 0 bridgehead atoms. The molecule has 2 aromatic rings. The van der Waals surface area contributed by atoms with Gasteiger partial charge in [0.15, 0.2) is 17.7 Å². The molecule has 2 unspecified atom stereocenters. The molecular weight excluding hydrogens is 491 g/mol. The fourth-order valence-corrected chi connectivity index (χ4v) is 5.65. The number of nitrogens with zero attached hydrogens (tertiary/aromatic N) is 4. The molecule has 0 aromatic carbocycles. The number of nitrogens with two attached hydrogens (primary N) is 1. The summed E-state index contributed by atoms with van der Waals surface area (Å²) >= 11 is 0. The van der Waals surface area contributed by atoms with Crippen molar-refractivity contribution in [1.29, 1.82) is 0 Å². The molecule has 0 saturated carbocycles. The topological polar surface area (TPSA) is 279 Å². The number of hydrogen-bond donors (Lipinski definition) is 7. The van der Waals surface area contributed by atoms with Crippen LogP contribution in [0, 0.1) is 0 Å². The number of ether oxygens (including phenoxy) is 1. The van der Waals surface area contributed by atoms with E-state index in [0.717, 1.165) is 6.33 Å². The second-order valence-electron chi connectivity index (χ2n) is 6.02. The minimum atomic E-state index is -5.70. The van der Waals surface area contributed by atoms with Gasteiger partial charge in [0.1, 0.15) is 30.2 Å². The van der Waals surface area contributed by atoms with Crippen molar-refractivity contribution in [3.05, 3.63) is 12.7 Å². The Hall–Kier alpha value is -1.36. The van der Waals surface area contributed by atoms with Crippen molar-refractivity contribution in [2.75, 3.05) is 12.3 Å². The molecule has 174 valence electrons. The summed E-state index contributed by atoms with van der Waals surface area (Å²) in [6.07, 6.45) is -3.69. The first-order valence-corrected chi connectivity index (χ1v) is 12.4. The monoisotopic (exact) mass is 507 g/mol. The number of anilines is 1. The lowest BCUT2D eigenvalue weighted by atomic mass is 10.1. The average Bonchev–Trinajstić information content (AvgIpc) is 3.13. The predicted octanol–water partition coefficient (Wildman–Crippen LogP) is -1.63. The first-order chi connectivity index (χ1) is 14.2. The van der Waals surface area contributed by atoms with Gasteiger partial charge >= 0.3 is 23.5 Å². The van der Waals surface area contributed by atoms with Gasteiger partial charge in [-0.2, -0.15) is 8.62 Å². The molecule has 1 aliphatic heterocycles. The van der Waals surface area contributed by atoms with Crippen LogP contribution in [0.1, 0.15) is 6.23 Å². The smallest absolute Gasteiger partial charge is 0.387 e. The maximum Gasteiger partial charge on any atom is 0.490 e. The molecule has 0 aliphatic carbocycles. The van der Waals surface area contributed by atoms with Gasteiger partial charge in [-0.25, -0.2) is 28.6 Å². The van der Waals surface area contributed by atoms with Crippen LogP contribution in [-0.2, 0) is 31.6 Å². The van der Waals surface area contributed by atoms with Crippen LogP contribution in [0.5, 0.6) is 0 Å². The van der Waals surface area contributed by atoms with Crippen LogP contribution in [-0.4, -0.2) is 74.2 Å². The molecular formula is C10H16N5O13P3. The molecule has 1 saturated heterocycles. The van der Waals surface area contributed by atoms with Crippen molar-refractivity contribution in [1.82, 2.24) is 19.5 Å². The highest BCUT2D eigenvalue weighted by atomic mass is 31.3. The third-order valence-electron chi connectivity index (χ3n) is 3.82. The van der Waals surface area contributed by atoms with E-state index in [2.05, 4.69) is 28.1 Å². The second-order valence-corrected chi connectivity index (χ2v) is 10.4. The minimum absolute atomic E-state index is 0.0426. The number of phosphoric ester groups is 1. The zero-order valence-electron chi connectivity index (χ0n) is 14.9. The van der Waals surface area contributed by atoms with Gasteiger partial charge < -0.3 is 40.3 Å². The Kier molecular flexibility index (Phi) is 6.68. The Morgan fingerprint density at radius 3 is 2.35 bits per heavy atom. The molecule has 18 nitrogen and oxygen atoms in total. The van der Waals surface area contributed by atoms with E-state index >= 15 is 0 Å². The first kappa shape index (κ1) is 24.3. The van der Waals surface area contributed by atoms with Gasteiger partial charge in [-0.05, 0) is 0 Å². The third-order valence-corrected chi connectivity index (χ3v) is 7.62. The number of aliphatic hydroxyl groups is 2. The fraction of sp³-hybridized carbons (Fsp3) is 0.500. The van der Waals surface area contributed by atoms with E-state index < -0.39 is 54.6 Å². The quantitative estimate of drug-likeness (QED) is 0.197. The molecule has 31 heavy (non-hydrogen) atoms. The van der Waals surface area contributed by atoms with Crippen LogP contribution in [0.4, 0.5) is 5.82 Å². The minimum Gasteiger partial charge on any atom is -0.387 e. The number of fused-ring (bicyclic) bond motifs is 1. The van der Waals surface area contributed by atoms with E-state index in [1.807, 2.05) is 0 Å². The Morgan fingerprint density at radius 2 is 1.71 bits per heavy atom. The fourth-order valence-electron chi connectivity index (χ4n) is 2.62. The molecule has 1 fully saturated rings. The summed E-state index contributed by atoms with van der Waals surface area (Å²) in [7, 11) is -16.7. The van der Waals surface area contributed by atoms with Crippen molar-refractivity contribution < 1.29 is 61.4 Å². The Morgan fingerprint density at radius 1 is 1.03 bits per heavy atom. The van der Waals surface area contributed by atoms with Crippen molar-refractivity contribution in [2.24, 2.45) is 0 Å². The zero-order chi connectivity index (χ0) is 23.2. The third kappa shape index (κ3) is 5.71. The predicted molar refractivity (Wildman–Crippen MR) is 95.5 cm³/mol. The molecule has 0 spiro atoms. The molecule has 21 heteroatoms. The van der Waals surface area contributed by atoms with Crippen LogP contribution in [0.15, 0.2) is 12.7 Å². The number of rotatable bonds is 8. The van der Waals surface area contributed by atoms with Gasteiger partial charge in [-0.1, -0.05) is 0 Å². The highest BCUT2D eigenvalue weighted by Gasteiger charge is 2.47. The lowest BCUT2D eigenvalue weighted by Gasteiger charge is -2.19. The van der Waals surface area contributed by atoms with Crippen molar-refractivity contribution >= 4 is 40.4 Å². The van der Waals surface area contributed by atoms with E-state index in [9.17, 15) is 28.8 Å². The second kappa shape index (κ2) is 8.53. The molecule has 8 N–H and O–H groups in total. The molecule has 2 aromatic heterocycles. The van der Waals surface area contributed by atoms with Crippen molar-refractivity contribution in [2.45, 2.75) is 24.5 Å². The molecule has 0 radical (unpaired) electrons. The van der Waals surface area contributed by atoms with E-state index in [-0.39, 0.29) is 17.0 Å². The van der Waals surface area contributed by atoms with Gasteiger partial charge in [0.25, 0.3) is 0 Å². The number of phosphoric acid groups is 3. The van der Waals surface area contributed by atoms with Crippen molar-refractivity contribution in [3.63, 3.8) is 0 Å². The van der Waals surface area contributed by atoms with E-state index in [4.69, 9.17) is 25.2 Å². The highest BCUT2D eigenvalue weighted by Crippen LogP contribution is 2.66. The summed E-state index contributed by atoms with van der Waals surface area (Å²) in [5.74, 6) is 0.0426. The van der Waals surface area contributed by atoms with Gasteiger partial charge in [0.2, 0.25) is 0 Å². The van der Waals surface area contributed by atoms with Gasteiger partial charge in [0.05, 0.1) is 12.9 Å². The largest absolute Gasteiger partial charge is 0.490 e. The highest BCUT2D eigenvalue weighted by molar-refractivity contribution is 7.66. The first-order valence-electron chi connectivity index (χ1n) is 7.92. The Balaban J connectivity index is 1.69. The summed E-state index contributed by atoms with van der Waals surface area (Å²) in [6.45, 7) is -0.956. The Bertz CT molecular complexity index is 1100. The summed E-state index contributed by atoms with van der Waals surface area (Å²) in [4.78, 5) is 47.2. The van der Waals surface area contributed by atoms with Crippen LogP contribution in [0.2, 0.25) is 0 Å². The van der Waals surface area contributed by atoms with E-state index in [1.165, 1.54) is 10.9 Å². The maximum atomic E-state index is 11.8. The van der Waals surface area contributed by atoms with Crippen LogP contribution < -0.4 is 5.73 Å². The van der Waals surface area contributed by atoms with Gasteiger partial charge in [0, 0.05) is 0 Å². The van der Waals surface area contributed by atoms with E-state index in [1.54, 1.807) is 0 Å². The van der Waals surface area contributed by atoms with Gasteiger partial charge in [-0.15, -0.1) is 0 Å². The number of imidazole rings is 1. The van der Waals surface area contributed by atoms with Gasteiger partial charge in [-0.3, -0.25) is 9.09 Å². The van der Waals surface area contributed by atoms with Crippen LogP contribution >= 0.6 is 23.5 Å². The molecule has 3 rings (SSSR count). The van der Waals surface area contributed by atoms with Crippen LogP contribution in [0.3, 0.4) is 0 Å². The standard InChI is InChI=1S/C10H16N5O13P3/c11-8-5-9(13-2-12-8)15(3-14-5)10-7(17)6(16)4(26-10)1-25-30(21,22)28-31(23,24)27-29(18,19)20/h2-4,6-7,10,16-17H,1H2,(H,21,22)(H,23,24)(H2,11,12,13)(H2,18,19,20)/t4-,6+,7+,10+/m0/s1. The number of nitrogen functional groups attached to an aromatic ring is 1. The average molecular weight is 507 g/mol. The molecule has 0 amide bonds. The zero-order valence-corrected chi connectivity index (χ0v) is 17.6. The SMILES string of the molecule is Nc1ncnc2c1ncn2[C@@H]1O[C@@H](COP(=O)(O)OP(=O)(O)OP(=O)(O)O)[C@@H](O)[C@H]1O. The Labute approximate surface area is 171 Å². The lowest BCUT2D eigenvalue weighted by molar-refractivity contribution is -0.0503. The van der Waals surface area contributed by atoms with E-state index in [0.29, 0.717) is 0 Å². The molecule has 1 aliphatic rings. The summed E-state index contributed by atoms with van der Waals surface area (Å²) in [6, 6.07) is 0. The summed E-state index contributed by atoms with van der Waals surface area (Å²) in [5, 5.41) is 20.4. The molecule has 6 atom stereocenters. The maximum absolute atomic E-state index is 11.8. The van der Waals surface area contributed by atoms with Crippen LogP contribution in [0.25, 0.3) is 11.2 Å². The number of hydrogen-bond acceptors (Lipinski definition) is 13. The summed E-state index contributed by atoms with van der Waals surface area (Å²) < 4.78 is 51.9. The molecule has 3 heterocycles. The lowest BCUT2D eigenvalue weighted by Crippen LogP contribution is -2.33. The number of aliphatic hydroxyl groups excluding tert-OH is 2.